The number of aliphatic hydroxyl groups is 1. The third-order valence-corrected chi connectivity index (χ3v) is 12.3. The minimum absolute atomic E-state index is 0.00481. The van der Waals surface area contributed by atoms with Gasteiger partial charge in [0.1, 0.15) is 0 Å². The van der Waals surface area contributed by atoms with Crippen molar-refractivity contribution in [3.8, 4) is 0 Å². The fourth-order valence-corrected chi connectivity index (χ4v) is 10.4. The van der Waals surface area contributed by atoms with E-state index >= 15 is 0 Å². The molecule has 182 valence electrons. The molecule has 4 rings (SSSR count). The van der Waals surface area contributed by atoms with Crippen molar-refractivity contribution in [2.75, 3.05) is 6.16 Å². The van der Waals surface area contributed by atoms with Crippen molar-refractivity contribution in [1.82, 2.24) is 0 Å². The van der Waals surface area contributed by atoms with Gasteiger partial charge in [-0.25, -0.2) is 0 Å². The van der Waals surface area contributed by atoms with Crippen LogP contribution >= 0.6 is 7.26 Å². The van der Waals surface area contributed by atoms with Crippen molar-refractivity contribution in [1.29, 1.82) is 0 Å². The summed E-state index contributed by atoms with van der Waals surface area (Å²) >= 11 is 0. The Morgan fingerprint density at radius 3 is 1.74 bits per heavy atom. The van der Waals surface area contributed by atoms with Gasteiger partial charge in [0.05, 0.1) is 0 Å². The van der Waals surface area contributed by atoms with Gasteiger partial charge in [0.15, 0.2) is 0 Å². The predicted octanol–water partition coefficient (Wildman–Crippen LogP) is 6.71. The first kappa shape index (κ1) is 25.4. The van der Waals surface area contributed by atoms with E-state index in [1.807, 2.05) is 0 Å². The molecular weight excluding hydrogens is 443 g/mol. The third kappa shape index (κ3) is 5.58. The Bertz CT molecular complexity index is 1110. The Hall–Kier alpha value is -2.73. The van der Waals surface area contributed by atoms with Crippen LogP contribution in [0.1, 0.15) is 40.5 Å². The Balaban J connectivity index is 1.76. The van der Waals surface area contributed by atoms with Gasteiger partial charge in [0, 0.05) is 0 Å². The van der Waals surface area contributed by atoms with E-state index in [0.29, 0.717) is 0 Å². The molecule has 1 unspecified atom stereocenters. The van der Waals surface area contributed by atoms with Crippen molar-refractivity contribution < 1.29 is 5.11 Å². The van der Waals surface area contributed by atoms with Gasteiger partial charge in [-0.2, -0.15) is 0 Å². The summed E-state index contributed by atoms with van der Waals surface area (Å²) < 4.78 is 0. The second kappa shape index (κ2) is 10.9. The Kier molecular flexibility index (Phi) is 7.90. The summed E-state index contributed by atoms with van der Waals surface area (Å²) in [5.41, 5.74) is 3.95. The molecule has 0 aromatic heterocycles. The molecule has 0 radical (unpaired) electrons. The van der Waals surface area contributed by atoms with Crippen molar-refractivity contribution in [2.24, 2.45) is 5.41 Å². The van der Waals surface area contributed by atoms with Crippen LogP contribution in [0.25, 0.3) is 0 Å². The maximum absolute atomic E-state index is 10.2. The first-order valence-electron chi connectivity index (χ1n) is 12.7. The SMILES string of the molecule is CC1=C(/C=C/C(C)=C/C[PH](c2ccccc2)(c2ccccc2)c2ccccc2)C(C)(C)CC(O)C1. The standard InChI is InChI=1S/C33H39OP/c1-26(20-21-32-27(2)24-28(34)25-33(32,3)4)22-23-35(29-14-8-5-9-15-29,30-16-10-6-11-17-30)31-18-12-7-13-19-31/h5-22,28,34-35H,23-25H2,1-4H3/b21-20+,26-22+. The predicted molar refractivity (Wildman–Crippen MR) is 156 cm³/mol. The van der Waals surface area contributed by atoms with Crippen LogP contribution in [0.4, 0.5) is 0 Å². The fraction of sp³-hybridized carbons (Fsp3) is 0.273. The molecule has 0 heterocycles. The van der Waals surface area contributed by atoms with Gasteiger partial charge in [0.25, 0.3) is 0 Å². The monoisotopic (exact) mass is 482 g/mol. The van der Waals surface area contributed by atoms with E-state index in [1.165, 1.54) is 32.6 Å². The van der Waals surface area contributed by atoms with Gasteiger partial charge in [-0.05, 0) is 0 Å². The van der Waals surface area contributed by atoms with Crippen LogP contribution in [0.2, 0.25) is 0 Å². The maximum atomic E-state index is 10.2. The van der Waals surface area contributed by atoms with Crippen molar-refractivity contribution >= 4 is 23.2 Å². The van der Waals surface area contributed by atoms with Gasteiger partial charge in [-0.3, -0.25) is 0 Å². The summed E-state index contributed by atoms with van der Waals surface area (Å²) in [7, 11) is -2.26. The molecule has 3 aromatic rings. The summed E-state index contributed by atoms with van der Waals surface area (Å²) in [6.45, 7) is 8.88. The average molecular weight is 483 g/mol. The van der Waals surface area contributed by atoms with E-state index in [1.54, 1.807) is 0 Å². The van der Waals surface area contributed by atoms with Gasteiger partial charge < -0.3 is 0 Å². The minimum atomic E-state index is -2.26. The number of rotatable bonds is 7. The third-order valence-electron chi connectivity index (χ3n) is 7.52. The van der Waals surface area contributed by atoms with Crippen LogP contribution in [0, 0.1) is 5.41 Å². The zero-order valence-corrected chi connectivity index (χ0v) is 22.5. The van der Waals surface area contributed by atoms with E-state index in [0.717, 1.165) is 19.0 Å². The van der Waals surface area contributed by atoms with E-state index in [4.69, 9.17) is 0 Å². The Labute approximate surface area is 212 Å². The first-order valence-corrected chi connectivity index (χ1v) is 14.9. The van der Waals surface area contributed by atoms with Gasteiger partial charge in [-0.1, -0.05) is 0 Å². The molecule has 2 heteroatoms. The van der Waals surface area contributed by atoms with E-state index < -0.39 is 7.26 Å². The summed E-state index contributed by atoms with van der Waals surface area (Å²) in [6, 6.07) is 33.3. The molecule has 1 atom stereocenters. The number of hydrogen-bond donors (Lipinski definition) is 1. The van der Waals surface area contributed by atoms with Crippen LogP contribution in [0.5, 0.6) is 0 Å². The average Bonchev–Trinajstić information content (AvgIpc) is 2.85. The van der Waals surface area contributed by atoms with Gasteiger partial charge in [0.2, 0.25) is 0 Å². The van der Waals surface area contributed by atoms with Crippen LogP contribution in [0.15, 0.2) is 126 Å². The molecule has 0 amide bonds. The van der Waals surface area contributed by atoms with Crippen LogP contribution < -0.4 is 15.9 Å². The van der Waals surface area contributed by atoms with Gasteiger partial charge in [-0.15, -0.1) is 0 Å². The number of benzene rings is 3. The number of hydrogen-bond acceptors (Lipinski definition) is 1. The van der Waals surface area contributed by atoms with E-state index in [-0.39, 0.29) is 11.5 Å². The molecule has 1 aliphatic rings. The van der Waals surface area contributed by atoms with Crippen LogP contribution in [-0.2, 0) is 0 Å². The summed E-state index contributed by atoms with van der Waals surface area (Å²) in [6.07, 6.45) is 9.38. The summed E-state index contributed by atoms with van der Waals surface area (Å²) in [5.74, 6) is 0. The molecule has 0 spiro atoms. The molecule has 0 fully saturated rings. The van der Waals surface area contributed by atoms with Crippen molar-refractivity contribution in [2.45, 2.75) is 46.6 Å². The molecule has 0 saturated heterocycles. The quantitative estimate of drug-likeness (QED) is 0.293. The molecular formula is C33H39OP. The fourth-order valence-electron chi connectivity index (χ4n) is 5.80. The molecule has 0 bridgehead atoms. The Morgan fingerprint density at radius 1 is 0.857 bits per heavy atom. The summed E-state index contributed by atoms with van der Waals surface area (Å²) in [4.78, 5) is 0. The zero-order chi connectivity index (χ0) is 24.9. The molecule has 0 saturated carbocycles. The molecule has 1 N–H and O–H groups in total. The van der Waals surface area contributed by atoms with E-state index in [9.17, 15) is 5.11 Å². The van der Waals surface area contributed by atoms with Crippen molar-refractivity contribution in [3.05, 3.63) is 126 Å². The number of allylic oxidation sites excluding steroid dienone is 5. The molecule has 0 aliphatic heterocycles. The van der Waals surface area contributed by atoms with Crippen molar-refractivity contribution in [3.63, 3.8) is 0 Å². The van der Waals surface area contributed by atoms with Crippen LogP contribution in [-0.4, -0.2) is 17.4 Å². The molecule has 1 nitrogen and oxygen atoms in total. The first-order chi connectivity index (χ1) is 16.8. The normalized spacial score (nSPS) is 19.2. The second-order valence-corrected chi connectivity index (χ2v) is 14.6. The summed E-state index contributed by atoms with van der Waals surface area (Å²) in [5, 5.41) is 14.6. The van der Waals surface area contributed by atoms with E-state index in [2.05, 4.69) is 137 Å². The van der Waals surface area contributed by atoms with Gasteiger partial charge >= 0.3 is 212 Å². The topological polar surface area (TPSA) is 20.2 Å². The molecule has 3 aromatic carbocycles. The Morgan fingerprint density at radius 2 is 1.31 bits per heavy atom. The second-order valence-electron chi connectivity index (χ2n) is 10.6. The van der Waals surface area contributed by atoms with Crippen LogP contribution in [0.3, 0.4) is 0 Å². The molecule has 35 heavy (non-hydrogen) atoms. The number of aliphatic hydroxyl groups excluding tert-OH is 1. The molecule has 1 aliphatic carbocycles. The zero-order valence-electron chi connectivity index (χ0n) is 21.5.